The molecule has 2 rings (SSSR count). The van der Waals surface area contributed by atoms with E-state index in [0.29, 0.717) is 12.4 Å². The second kappa shape index (κ2) is 7.59. The molecule has 116 valence electrons. The molecule has 2 aromatic carbocycles. The van der Waals surface area contributed by atoms with Gasteiger partial charge in [-0.3, -0.25) is 4.79 Å². The normalized spacial score (nSPS) is 11.8. The van der Waals surface area contributed by atoms with Gasteiger partial charge < -0.3 is 10.1 Å². The first-order valence-corrected chi connectivity index (χ1v) is 7.29. The number of hydrogen-bond acceptors (Lipinski definition) is 2. The number of nitrogens with one attached hydrogen (secondary N) is 1. The van der Waals surface area contributed by atoms with Crippen LogP contribution < -0.4 is 10.1 Å². The van der Waals surface area contributed by atoms with Crippen molar-refractivity contribution in [3.05, 3.63) is 65.5 Å². The molecule has 0 saturated heterocycles. The lowest BCUT2D eigenvalue weighted by molar-refractivity contribution is -0.119. The number of amides is 1. The molecule has 0 heterocycles. The minimum Gasteiger partial charge on any atom is -0.493 e. The van der Waals surface area contributed by atoms with Crippen molar-refractivity contribution in [3.63, 3.8) is 0 Å². The summed E-state index contributed by atoms with van der Waals surface area (Å²) in [7, 11) is 0. The fraction of sp³-hybridized carbons (Fsp3) is 0.278. The van der Waals surface area contributed by atoms with Crippen LogP contribution in [0.2, 0.25) is 0 Å². The van der Waals surface area contributed by atoms with Gasteiger partial charge in [-0.05, 0) is 42.3 Å². The molecule has 0 aliphatic rings. The largest absolute Gasteiger partial charge is 0.493 e. The first kappa shape index (κ1) is 16.0. The highest BCUT2D eigenvalue weighted by Crippen LogP contribution is 2.15. The Balaban J connectivity index is 1.83. The van der Waals surface area contributed by atoms with Gasteiger partial charge in [-0.1, -0.05) is 24.3 Å². The Bertz CT molecular complexity index is 608. The molecule has 0 radical (unpaired) electrons. The fourth-order valence-electron chi connectivity index (χ4n) is 2.18. The third-order valence-electron chi connectivity index (χ3n) is 3.37. The molecule has 22 heavy (non-hydrogen) atoms. The van der Waals surface area contributed by atoms with Gasteiger partial charge in [0.1, 0.15) is 11.6 Å². The van der Waals surface area contributed by atoms with E-state index in [1.165, 1.54) is 19.1 Å². The lowest BCUT2D eigenvalue weighted by Gasteiger charge is -2.13. The average Bonchev–Trinajstić information content (AvgIpc) is 2.49. The standard InChI is InChI=1S/C18H20FNO2/c1-13(20-14(2)21)16-5-3-15(4-6-16)11-12-22-18-9-7-17(19)8-10-18/h3-10,13H,11-12H2,1-2H3,(H,20,21)/t13-/m1/s1. The van der Waals surface area contributed by atoms with E-state index < -0.39 is 0 Å². The first-order valence-electron chi connectivity index (χ1n) is 7.29. The molecule has 1 atom stereocenters. The third kappa shape index (κ3) is 4.88. The van der Waals surface area contributed by atoms with Crippen LogP contribution in [0.15, 0.2) is 48.5 Å². The zero-order valence-electron chi connectivity index (χ0n) is 12.8. The van der Waals surface area contributed by atoms with Gasteiger partial charge in [-0.25, -0.2) is 4.39 Å². The van der Waals surface area contributed by atoms with Gasteiger partial charge in [0.15, 0.2) is 0 Å². The van der Waals surface area contributed by atoms with Gasteiger partial charge in [-0.2, -0.15) is 0 Å². The molecule has 0 saturated carbocycles. The molecule has 4 heteroatoms. The monoisotopic (exact) mass is 301 g/mol. The first-order chi connectivity index (χ1) is 10.5. The predicted octanol–water partition coefficient (Wildman–Crippen LogP) is 3.64. The molecule has 0 aliphatic heterocycles. The fourth-order valence-corrected chi connectivity index (χ4v) is 2.18. The molecule has 0 aromatic heterocycles. The second-order valence-electron chi connectivity index (χ2n) is 5.22. The molecule has 1 amide bonds. The summed E-state index contributed by atoms with van der Waals surface area (Å²) in [6.07, 6.45) is 0.770. The van der Waals surface area contributed by atoms with E-state index in [1.54, 1.807) is 12.1 Å². The van der Waals surface area contributed by atoms with E-state index >= 15 is 0 Å². The van der Waals surface area contributed by atoms with E-state index in [0.717, 1.165) is 17.5 Å². The van der Waals surface area contributed by atoms with E-state index in [9.17, 15) is 9.18 Å². The molecular weight excluding hydrogens is 281 g/mol. The quantitative estimate of drug-likeness (QED) is 0.884. The van der Waals surface area contributed by atoms with Crippen molar-refractivity contribution in [1.29, 1.82) is 0 Å². The van der Waals surface area contributed by atoms with Crippen molar-refractivity contribution in [3.8, 4) is 5.75 Å². The zero-order valence-corrected chi connectivity index (χ0v) is 12.8. The predicted molar refractivity (Wildman–Crippen MR) is 84.3 cm³/mol. The average molecular weight is 301 g/mol. The van der Waals surface area contributed by atoms with Crippen molar-refractivity contribution in [2.45, 2.75) is 26.3 Å². The van der Waals surface area contributed by atoms with Crippen LogP contribution >= 0.6 is 0 Å². The van der Waals surface area contributed by atoms with Gasteiger partial charge in [0, 0.05) is 13.3 Å². The van der Waals surface area contributed by atoms with Crippen molar-refractivity contribution >= 4 is 5.91 Å². The summed E-state index contributed by atoms with van der Waals surface area (Å²) in [6.45, 7) is 4.00. The highest BCUT2D eigenvalue weighted by molar-refractivity contribution is 5.73. The zero-order chi connectivity index (χ0) is 15.9. The van der Waals surface area contributed by atoms with Crippen LogP contribution in [0, 0.1) is 5.82 Å². The number of rotatable bonds is 6. The molecule has 0 aliphatic carbocycles. The minimum absolute atomic E-state index is 0.00187. The number of halogens is 1. The lowest BCUT2D eigenvalue weighted by Crippen LogP contribution is -2.23. The summed E-state index contributed by atoms with van der Waals surface area (Å²) in [5, 5.41) is 2.85. The number of benzene rings is 2. The Kier molecular flexibility index (Phi) is 5.53. The van der Waals surface area contributed by atoms with Crippen LogP contribution in [0.5, 0.6) is 5.75 Å². The number of carbonyl (C=O) groups is 1. The molecule has 0 fully saturated rings. The molecular formula is C18H20FNO2. The summed E-state index contributed by atoms with van der Waals surface area (Å²) in [5.74, 6) is 0.359. The van der Waals surface area contributed by atoms with Crippen LogP contribution in [-0.4, -0.2) is 12.5 Å². The summed E-state index contributed by atoms with van der Waals surface area (Å²) in [4.78, 5) is 11.0. The van der Waals surface area contributed by atoms with Gasteiger partial charge in [0.25, 0.3) is 0 Å². The number of carbonyl (C=O) groups excluding carboxylic acids is 1. The van der Waals surface area contributed by atoms with Gasteiger partial charge in [0.2, 0.25) is 5.91 Å². The molecule has 0 spiro atoms. The van der Waals surface area contributed by atoms with Crippen molar-refractivity contribution < 1.29 is 13.9 Å². The Morgan fingerprint density at radius 3 is 2.36 bits per heavy atom. The Morgan fingerprint density at radius 1 is 1.14 bits per heavy atom. The Hall–Kier alpha value is -2.36. The van der Waals surface area contributed by atoms with E-state index in [2.05, 4.69) is 5.32 Å². The van der Waals surface area contributed by atoms with E-state index in [4.69, 9.17) is 4.74 Å². The molecule has 0 bridgehead atoms. The minimum atomic E-state index is -0.267. The SMILES string of the molecule is CC(=O)N[C@H](C)c1ccc(CCOc2ccc(F)cc2)cc1. The summed E-state index contributed by atoms with van der Waals surface area (Å²) >= 11 is 0. The smallest absolute Gasteiger partial charge is 0.217 e. The van der Waals surface area contributed by atoms with Crippen molar-refractivity contribution in [2.24, 2.45) is 0 Å². The maximum Gasteiger partial charge on any atom is 0.217 e. The van der Waals surface area contributed by atoms with Crippen LogP contribution in [0.3, 0.4) is 0 Å². The maximum atomic E-state index is 12.8. The molecule has 1 N–H and O–H groups in total. The van der Waals surface area contributed by atoms with Crippen LogP contribution in [-0.2, 0) is 11.2 Å². The van der Waals surface area contributed by atoms with Crippen molar-refractivity contribution in [2.75, 3.05) is 6.61 Å². The third-order valence-corrected chi connectivity index (χ3v) is 3.37. The maximum absolute atomic E-state index is 12.8. The number of hydrogen-bond donors (Lipinski definition) is 1. The van der Waals surface area contributed by atoms with Crippen LogP contribution in [0.1, 0.15) is 31.0 Å². The summed E-state index contributed by atoms with van der Waals surface area (Å²) in [5.41, 5.74) is 2.22. The summed E-state index contributed by atoms with van der Waals surface area (Å²) in [6, 6.07) is 14.1. The Labute approximate surface area is 130 Å². The van der Waals surface area contributed by atoms with Crippen LogP contribution in [0.25, 0.3) is 0 Å². The molecule has 3 nitrogen and oxygen atoms in total. The highest BCUT2D eigenvalue weighted by atomic mass is 19.1. The van der Waals surface area contributed by atoms with E-state index in [-0.39, 0.29) is 17.8 Å². The second-order valence-corrected chi connectivity index (χ2v) is 5.22. The van der Waals surface area contributed by atoms with Crippen LogP contribution in [0.4, 0.5) is 4.39 Å². The molecule has 2 aromatic rings. The van der Waals surface area contributed by atoms with Gasteiger partial charge >= 0.3 is 0 Å². The molecule has 0 unspecified atom stereocenters. The summed E-state index contributed by atoms with van der Waals surface area (Å²) < 4.78 is 18.3. The van der Waals surface area contributed by atoms with E-state index in [1.807, 2.05) is 31.2 Å². The topological polar surface area (TPSA) is 38.3 Å². The lowest BCUT2D eigenvalue weighted by atomic mass is 10.0. The van der Waals surface area contributed by atoms with Gasteiger partial charge in [0.05, 0.1) is 12.6 Å². The van der Waals surface area contributed by atoms with Gasteiger partial charge in [-0.15, -0.1) is 0 Å². The Morgan fingerprint density at radius 2 is 1.77 bits per heavy atom. The van der Waals surface area contributed by atoms with Crippen molar-refractivity contribution in [1.82, 2.24) is 5.32 Å². The number of ether oxygens (including phenoxy) is 1. The highest BCUT2D eigenvalue weighted by Gasteiger charge is 2.06.